The molecule has 2 N–H and O–H groups in total. The first-order valence-corrected chi connectivity index (χ1v) is 13.1. The van der Waals surface area contributed by atoms with Crippen LogP contribution in [0.1, 0.15) is 75.3 Å². The second-order valence-corrected chi connectivity index (χ2v) is 10.7. The van der Waals surface area contributed by atoms with Crippen molar-refractivity contribution in [3.05, 3.63) is 29.3 Å². The summed E-state index contributed by atoms with van der Waals surface area (Å²) in [6, 6.07) is 7.10. The van der Waals surface area contributed by atoms with E-state index in [0.717, 1.165) is 63.7 Å². The Balaban J connectivity index is 1.26. The van der Waals surface area contributed by atoms with Crippen LogP contribution in [0, 0.1) is 6.92 Å². The molecule has 3 atom stereocenters. The van der Waals surface area contributed by atoms with E-state index in [0.29, 0.717) is 30.5 Å². The molecule has 3 fully saturated rings. The third kappa shape index (κ3) is 5.84. The van der Waals surface area contributed by atoms with Crippen LogP contribution >= 0.6 is 0 Å². The number of hydrogen-bond acceptors (Lipinski definition) is 4. The predicted octanol–water partition coefficient (Wildman–Crippen LogP) is 3.97. The molecule has 6 heteroatoms. The Morgan fingerprint density at radius 1 is 1.13 bits per heavy atom. The van der Waals surface area contributed by atoms with E-state index in [9.17, 15) is 4.21 Å². The van der Waals surface area contributed by atoms with Crippen molar-refractivity contribution < 1.29 is 13.7 Å². The first-order chi connectivity index (χ1) is 14.6. The summed E-state index contributed by atoms with van der Waals surface area (Å²) in [4.78, 5) is 0. The summed E-state index contributed by atoms with van der Waals surface area (Å²) in [6.45, 7) is 6.66. The highest BCUT2D eigenvalue weighted by molar-refractivity contribution is 7.84. The zero-order chi connectivity index (χ0) is 20.9. The summed E-state index contributed by atoms with van der Waals surface area (Å²) in [5.41, 5.74) is 2.67. The molecular formula is C24H38N2O3S. The van der Waals surface area contributed by atoms with Gasteiger partial charge in [0.05, 0.1) is 30.3 Å². The largest absolute Gasteiger partial charge is 0.494 e. The molecule has 1 aliphatic heterocycles. The zero-order valence-corrected chi connectivity index (χ0v) is 19.3. The molecule has 1 saturated heterocycles. The van der Waals surface area contributed by atoms with Gasteiger partial charge in [-0.15, -0.1) is 0 Å². The lowest BCUT2D eigenvalue weighted by atomic mass is 9.82. The maximum atomic E-state index is 12.3. The lowest BCUT2D eigenvalue weighted by molar-refractivity contribution is 0.00516. The van der Waals surface area contributed by atoms with Crippen molar-refractivity contribution in [3.63, 3.8) is 0 Å². The Morgan fingerprint density at radius 2 is 1.93 bits per heavy atom. The number of hydrogen-bond donors (Lipinski definition) is 2. The van der Waals surface area contributed by atoms with Crippen molar-refractivity contribution in [2.45, 2.75) is 94.6 Å². The van der Waals surface area contributed by atoms with E-state index in [1.807, 2.05) is 0 Å². The van der Waals surface area contributed by atoms with E-state index >= 15 is 0 Å². The van der Waals surface area contributed by atoms with Gasteiger partial charge in [0, 0.05) is 17.3 Å². The van der Waals surface area contributed by atoms with Crippen LogP contribution in [-0.2, 0) is 15.7 Å². The molecule has 5 nitrogen and oxygen atoms in total. The first kappa shape index (κ1) is 22.3. The van der Waals surface area contributed by atoms with Crippen LogP contribution < -0.4 is 14.8 Å². The van der Waals surface area contributed by atoms with Gasteiger partial charge in [0.25, 0.3) is 0 Å². The van der Waals surface area contributed by atoms with E-state index in [2.05, 4.69) is 42.1 Å². The van der Waals surface area contributed by atoms with E-state index in [4.69, 9.17) is 9.47 Å². The highest BCUT2D eigenvalue weighted by atomic mass is 32.2. The maximum Gasteiger partial charge on any atom is 0.122 e. The molecule has 0 bridgehead atoms. The van der Waals surface area contributed by atoms with Gasteiger partial charge in [-0.05, 0) is 89.3 Å². The minimum atomic E-state index is -0.877. The second-order valence-electron chi connectivity index (χ2n) is 9.21. The zero-order valence-electron chi connectivity index (χ0n) is 18.5. The van der Waals surface area contributed by atoms with Crippen LogP contribution in [0.15, 0.2) is 18.2 Å². The lowest BCUT2D eigenvalue weighted by Gasteiger charge is -2.35. The van der Waals surface area contributed by atoms with E-state index in [-0.39, 0.29) is 12.1 Å². The van der Waals surface area contributed by atoms with Gasteiger partial charge < -0.3 is 14.8 Å². The summed E-state index contributed by atoms with van der Waals surface area (Å²) < 4.78 is 28.0. The van der Waals surface area contributed by atoms with Gasteiger partial charge in [0.2, 0.25) is 0 Å². The van der Waals surface area contributed by atoms with Gasteiger partial charge >= 0.3 is 0 Å². The quantitative estimate of drug-likeness (QED) is 0.617. The molecule has 0 amide bonds. The highest BCUT2D eigenvalue weighted by Gasteiger charge is 2.34. The molecule has 2 saturated carbocycles. The minimum absolute atomic E-state index is 0.262. The fourth-order valence-corrected chi connectivity index (χ4v) is 6.19. The number of benzene rings is 1. The number of ether oxygens (including phenoxy) is 2. The highest BCUT2D eigenvalue weighted by Crippen LogP contribution is 2.39. The molecule has 4 rings (SSSR count). The number of nitrogens with one attached hydrogen (secondary N) is 2. The van der Waals surface area contributed by atoms with Crippen LogP contribution in [0.3, 0.4) is 0 Å². The molecule has 2 aliphatic carbocycles. The molecule has 3 unspecified atom stereocenters. The van der Waals surface area contributed by atoms with Crippen molar-refractivity contribution >= 4 is 11.0 Å². The molecule has 3 aliphatic rings. The topological polar surface area (TPSA) is 59.6 Å². The Bertz CT molecular complexity index is 716. The predicted molar refractivity (Wildman–Crippen MR) is 122 cm³/mol. The number of aryl methyl sites for hydroxylation is 1. The van der Waals surface area contributed by atoms with E-state index in [1.165, 1.54) is 11.1 Å². The standard InChI is InChI=1S/C24H38N2O3S/c1-3-28-24-13-6-17(2)15-21(24)18-7-9-19(10-8-18)29-16-23-22(5-4-14-25-23)26-30(27)20-11-12-20/h6,13,15,18-20,22-23,25-26H,3-5,7-12,14,16H2,1-2H3. The molecular weight excluding hydrogens is 396 g/mol. The summed E-state index contributed by atoms with van der Waals surface area (Å²) in [6.07, 6.45) is 9.27. The van der Waals surface area contributed by atoms with Crippen LogP contribution in [0.4, 0.5) is 0 Å². The number of piperidine rings is 1. The third-order valence-electron chi connectivity index (χ3n) is 6.77. The van der Waals surface area contributed by atoms with Crippen LogP contribution in [-0.4, -0.2) is 47.4 Å². The molecule has 0 aromatic heterocycles. The molecule has 1 aromatic rings. The molecule has 168 valence electrons. The van der Waals surface area contributed by atoms with Gasteiger partial charge in [-0.1, -0.05) is 17.7 Å². The fraction of sp³-hybridized carbons (Fsp3) is 0.750. The molecule has 1 heterocycles. The minimum Gasteiger partial charge on any atom is -0.494 e. The van der Waals surface area contributed by atoms with Gasteiger partial charge in [-0.25, -0.2) is 8.93 Å². The van der Waals surface area contributed by atoms with Crippen LogP contribution in [0.25, 0.3) is 0 Å². The Labute approximate surface area is 184 Å². The summed E-state index contributed by atoms with van der Waals surface area (Å²) in [5, 5.41) is 3.98. The third-order valence-corrected chi connectivity index (χ3v) is 8.38. The van der Waals surface area contributed by atoms with Gasteiger partial charge in [0.1, 0.15) is 5.75 Å². The lowest BCUT2D eigenvalue weighted by Crippen LogP contribution is -2.55. The molecule has 0 spiro atoms. The first-order valence-electron chi connectivity index (χ1n) is 11.9. The summed E-state index contributed by atoms with van der Waals surface area (Å²) in [7, 11) is -0.877. The van der Waals surface area contributed by atoms with Gasteiger partial charge in [0.15, 0.2) is 0 Å². The summed E-state index contributed by atoms with van der Waals surface area (Å²) in [5.74, 6) is 1.62. The van der Waals surface area contributed by atoms with Crippen molar-refractivity contribution in [1.29, 1.82) is 0 Å². The van der Waals surface area contributed by atoms with E-state index < -0.39 is 11.0 Å². The monoisotopic (exact) mass is 434 g/mol. The van der Waals surface area contributed by atoms with Crippen molar-refractivity contribution in [2.24, 2.45) is 0 Å². The van der Waals surface area contributed by atoms with Crippen molar-refractivity contribution in [3.8, 4) is 5.75 Å². The average molecular weight is 435 g/mol. The van der Waals surface area contributed by atoms with Gasteiger partial charge in [-0.2, -0.15) is 0 Å². The smallest absolute Gasteiger partial charge is 0.122 e. The average Bonchev–Trinajstić information content (AvgIpc) is 3.61. The number of rotatable bonds is 9. The van der Waals surface area contributed by atoms with Gasteiger partial charge in [-0.3, -0.25) is 0 Å². The molecule has 30 heavy (non-hydrogen) atoms. The Kier molecular flexibility index (Phi) is 7.85. The molecule has 0 radical (unpaired) electrons. The SMILES string of the molecule is CCOc1ccc(C)cc1C1CCC(OCC2NCCCC2NS(=O)C2CC2)CC1. The normalized spacial score (nSPS) is 30.7. The van der Waals surface area contributed by atoms with E-state index in [1.54, 1.807) is 0 Å². The van der Waals surface area contributed by atoms with Crippen LogP contribution in [0.5, 0.6) is 5.75 Å². The fourth-order valence-electron chi connectivity index (χ4n) is 4.85. The van der Waals surface area contributed by atoms with Crippen molar-refractivity contribution in [2.75, 3.05) is 19.8 Å². The van der Waals surface area contributed by atoms with Crippen molar-refractivity contribution in [1.82, 2.24) is 10.0 Å². The second kappa shape index (κ2) is 10.6. The molecule has 1 aromatic carbocycles. The Morgan fingerprint density at radius 3 is 2.67 bits per heavy atom. The van der Waals surface area contributed by atoms with Crippen LogP contribution in [0.2, 0.25) is 0 Å². The Hall–Kier alpha value is -0.950. The summed E-state index contributed by atoms with van der Waals surface area (Å²) >= 11 is 0. The maximum absolute atomic E-state index is 12.3.